The maximum Gasteiger partial charge on any atom is 0.128 e. The molecule has 2 atom stereocenters. The fourth-order valence-corrected chi connectivity index (χ4v) is 2.40. The van der Waals surface area contributed by atoms with Crippen LogP contribution in [0.5, 0.6) is 0 Å². The van der Waals surface area contributed by atoms with Crippen LogP contribution in [0.25, 0.3) is 0 Å². The predicted octanol–water partition coefficient (Wildman–Crippen LogP) is 1.80. The standard InChI is InChI=1S/C14H23N3O/c1-4-15-9-12-5-6-14(16-10-12)17(3)13-7-8-18-11(13)2/h5-6,10-11,13,15H,4,7-9H2,1-3H3. The van der Waals surface area contributed by atoms with Crippen LogP contribution in [-0.4, -0.2) is 37.3 Å². The summed E-state index contributed by atoms with van der Waals surface area (Å²) in [4.78, 5) is 6.77. The third-order valence-corrected chi connectivity index (χ3v) is 3.58. The van der Waals surface area contributed by atoms with Crippen LogP contribution < -0.4 is 10.2 Å². The molecule has 2 unspecified atom stereocenters. The lowest BCUT2D eigenvalue weighted by molar-refractivity contribution is 0.118. The van der Waals surface area contributed by atoms with Crippen molar-refractivity contribution in [2.45, 2.75) is 39.0 Å². The van der Waals surface area contributed by atoms with Gasteiger partial charge in [-0.1, -0.05) is 13.0 Å². The Kier molecular flexibility index (Phi) is 4.55. The second kappa shape index (κ2) is 6.16. The monoisotopic (exact) mass is 249 g/mol. The lowest BCUT2D eigenvalue weighted by atomic mass is 10.1. The van der Waals surface area contributed by atoms with Gasteiger partial charge in [0.25, 0.3) is 0 Å². The Morgan fingerprint density at radius 2 is 2.33 bits per heavy atom. The van der Waals surface area contributed by atoms with Crippen molar-refractivity contribution in [2.75, 3.05) is 25.1 Å². The van der Waals surface area contributed by atoms with Gasteiger partial charge in [-0.15, -0.1) is 0 Å². The molecule has 1 fully saturated rings. The highest BCUT2D eigenvalue weighted by atomic mass is 16.5. The first kappa shape index (κ1) is 13.3. The van der Waals surface area contributed by atoms with Crippen molar-refractivity contribution < 1.29 is 4.74 Å². The average Bonchev–Trinajstić information content (AvgIpc) is 2.82. The quantitative estimate of drug-likeness (QED) is 0.863. The number of anilines is 1. The first-order chi connectivity index (χ1) is 8.72. The fourth-order valence-electron chi connectivity index (χ4n) is 2.40. The molecule has 1 aliphatic rings. The molecule has 100 valence electrons. The lowest BCUT2D eigenvalue weighted by Gasteiger charge is -2.27. The van der Waals surface area contributed by atoms with E-state index in [-0.39, 0.29) is 0 Å². The van der Waals surface area contributed by atoms with Gasteiger partial charge in [-0.25, -0.2) is 4.98 Å². The van der Waals surface area contributed by atoms with Crippen molar-refractivity contribution in [1.82, 2.24) is 10.3 Å². The number of hydrogen-bond acceptors (Lipinski definition) is 4. The third-order valence-electron chi connectivity index (χ3n) is 3.58. The predicted molar refractivity (Wildman–Crippen MR) is 73.8 cm³/mol. The van der Waals surface area contributed by atoms with Gasteiger partial charge in [0.15, 0.2) is 0 Å². The summed E-state index contributed by atoms with van der Waals surface area (Å²) >= 11 is 0. The van der Waals surface area contributed by atoms with Crippen molar-refractivity contribution >= 4 is 5.82 Å². The summed E-state index contributed by atoms with van der Waals surface area (Å²) in [5, 5.41) is 3.30. The lowest BCUT2D eigenvalue weighted by Crippen LogP contribution is -2.37. The van der Waals surface area contributed by atoms with Crippen molar-refractivity contribution in [3.8, 4) is 0 Å². The Hall–Kier alpha value is -1.13. The van der Waals surface area contributed by atoms with Crippen LogP contribution >= 0.6 is 0 Å². The molecule has 4 nitrogen and oxygen atoms in total. The summed E-state index contributed by atoms with van der Waals surface area (Å²) in [5.74, 6) is 1.03. The van der Waals surface area contributed by atoms with E-state index in [1.54, 1.807) is 0 Å². The molecule has 1 aromatic heterocycles. The van der Waals surface area contributed by atoms with Crippen LogP contribution in [0.3, 0.4) is 0 Å². The Labute approximate surface area is 109 Å². The van der Waals surface area contributed by atoms with E-state index in [4.69, 9.17) is 4.74 Å². The second-order valence-electron chi connectivity index (χ2n) is 4.85. The van der Waals surface area contributed by atoms with Crippen LogP contribution in [-0.2, 0) is 11.3 Å². The van der Waals surface area contributed by atoms with Gasteiger partial charge in [0.2, 0.25) is 0 Å². The number of likely N-dealkylation sites (N-methyl/N-ethyl adjacent to an activating group) is 1. The summed E-state index contributed by atoms with van der Waals surface area (Å²) < 4.78 is 5.61. The molecule has 0 radical (unpaired) electrons. The summed E-state index contributed by atoms with van der Waals surface area (Å²) in [6.07, 6.45) is 3.33. The molecule has 1 aromatic rings. The maximum atomic E-state index is 5.61. The third kappa shape index (κ3) is 3.00. The summed E-state index contributed by atoms with van der Waals surface area (Å²) in [5.41, 5.74) is 1.23. The minimum Gasteiger partial charge on any atom is -0.376 e. The van der Waals surface area contributed by atoms with E-state index in [1.807, 2.05) is 6.20 Å². The zero-order chi connectivity index (χ0) is 13.0. The molecule has 1 aliphatic heterocycles. The average molecular weight is 249 g/mol. The van der Waals surface area contributed by atoms with Gasteiger partial charge in [-0.05, 0) is 31.5 Å². The molecular formula is C14H23N3O. The van der Waals surface area contributed by atoms with Crippen LogP contribution in [0, 0.1) is 0 Å². The molecule has 0 bridgehead atoms. The van der Waals surface area contributed by atoms with Gasteiger partial charge in [0.05, 0.1) is 12.1 Å². The summed E-state index contributed by atoms with van der Waals surface area (Å²) in [6, 6.07) is 4.68. The van der Waals surface area contributed by atoms with Gasteiger partial charge in [-0.2, -0.15) is 0 Å². The van der Waals surface area contributed by atoms with Gasteiger partial charge < -0.3 is 15.0 Å². The van der Waals surface area contributed by atoms with Gasteiger partial charge in [0, 0.05) is 26.4 Å². The van der Waals surface area contributed by atoms with Crippen molar-refractivity contribution in [1.29, 1.82) is 0 Å². The highest BCUT2D eigenvalue weighted by Crippen LogP contribution is 2.22. The van der Waals surface area contributed by atoms with Crippen LogP contribution in [0.2, 0.25) is 0 Å². The maximum absolute atomic E-state index is 5.61. The van der Waals surface area contributed by atoms with Crippen LogP contribution in [0.15, 0.2) is 18.3 Å². The zero-order valence-electron chi connectivity index (χ0n) is 11.5. The van der Waals surface area contributed by atoms with E-state index in [9.17, 15) is 0 Å². The number of nitrogens with one attached hydrogen (secondary N) is 1. The summed E-state index contributed by atoms with van der Waals surface area (Å²) in [6.45, 7) is 6.97. The summed E-state index contributed by atoms with van der Waals surface area (Å²) in [7, 11) is 2.10. The Balaban J connectivity index is 2.00. The molecule has 0 aromatic carbocycles. The molecule has 1 saturated heterocycles. The smallest absolute Gasteiger partial charge is 0.128 e. The molecular weight excluding hydrogens is 226 g/mol. The second-order valence-corrected chi connectivity index (χ2v) is 4.85. The highest BCUT2D eigenvalue weighted by Gasteiger charge is 2.28. The first-order valence-corrected chi connectivity index (χ1v) is 6.72. The molecule has 4 heteroatoms. The van der Waals surface area contributed by atoms with Crippen molar-refractivity contribution in [3.63, 3.8) is 0 Å². The molecule has 0 amide bonds. The van der Waals surface area contributed by atoms with E-state index in [0.717, 1.165) is 31.9 Å². The molecule has 2 heterocycles. The number of ether oxygens (including phenoxy) is 1. The zero-order valence-corrected chi connectivity index (χ0v) is 11.5. The Bertz CT molecular complexity index is 366. The van der Waals surface area contributed by atoms with Gasteiger partial charge >= 0.3 is 0 Å². The Morgan fingerprint density at radius 3 is 2.89 bits per heavy atom. The van der Waals surface area contributed by atoms with E-state index in [2.05, 4.69) is 48.2 Å². The SMILES string of the molecule is CCNCc1ccc(N(C)C2CCOC2C)nc1. The largest absolute Gasteiger partial charge is 0.376 e. The molecule has 0 aliphatic carbocycles. The topological polar surface area (TPSA) is 37.4 Å². The molecule has 1 N–H and O–H groups in total. The molecule has 0 saturated carbocycles. The van der Waals surface area contributed by atoms with Crippen LogP contribution in [0.1, 0.15) is 25.8 Å². The minimum absolute atomic E-state index is 0.290. The van der Waals surface area contributed by atoms with Gasteiger partial charge in [-0.3, -0.25) is 0 Å². The van der Waals surface area contributed by atoms with Crippen molar-refractivity contribution in [2.24, 2.45) is 0 Å². The fraction of sp³-hybridized carbons (Fsp3) is 0.643. The number of hydrogen-bond donors (Lipinski definition) is 1. The molecule has 2 rings (SSSR count). The number of aromatic nitrogens is 1. The number of nitrogens with zero attached hydrogens (tertiary/aromatic N) is 2. The Morgan fingerprint density at radius 1 is 1.50 bits per heavy atom. The highest BCUT2D eigenvalue weighted by molar-refractivity contribution is 5.40. The van der Waals surface area contributed by atoms with E-state index in [1.165, 1.54) is 5.56 Å². The van der Waals surface area contributed by atoms with E-state index >= 15 is 0 Å². The molecule has 18 heavy (non-hydrogen) atoms. The number of rotatable bonds is 5. The van der Waals surface area contributed by atoms with Gasteiger partial charge in [0.1, 0.15) is 5.82 Å². The van der Waals surface area contributed by atoms with E-state index < -0.39 is 0 Å². The normalized spacial score (nSPS) is 23.3. The number of pyridine rings is 1. The first-order valence-electron chi connectivity index (χ1n) is 6.72. The van der Waals surface area contributed by atoms with Crippen molar-refractivity contribution in [3.05, 3.63) is 23.9 Å². The molecule has 0 spiro atoms. The minimum atomic E-state index is 0.290. The van der Waals surface area contributed by atoms with E-state index in [0.29, 0.717) is 12.1 Å². The van der Waals surface area contributed by atoms with Crippen LogP contribution in [0.4, 0.5) is 5.82 Å².